The van der Waals surface area contributed by atoms with Crippen LogP contribution in [-0.2, 0) is 12.4 Å². The van der Waals surface area contributed by atoms with E-state index in [1.54, 1.807) is 0 Å². The summed E-state index contributed by atoms with van der Waals surface area (Å²) in [5.41, 5.74) is 2.72. The smallest absolute Gasteiger partial charge is 0.162 e. The van der Waals surface area contributed by atoms with E-state index in [2.05, 4.69) is 16.8 Å². The highest BCUT2D eigenvalue weighted by molar-refractivity contribution is 6.41. The van der Waals surface area contributed by atoms with E-state index in [1.807, 2.05) is 25.1 Å². The number of carbonyl (C=O) groups is 1. The molecule has 3 nitrogen and oxygen atoms in total. The van der Waals surface area contributed by atoms with Crippen molar-refractivity contribution >= 4 is 35.7 Å². The fourth-order valence-electron chi connectivity index (χ4n) is 2.66. The number of imidazole rings is 1. The minimum atomic E-state index is 0.169. The molecule has 5 heteroatoms. The number of hydrogen-bond donors (Lipinski definition) is 0. The summed E-state index contributed by atoms with van der Waals surface area (Å²) in [6, 6.07) is 5.75. The van der Waals surface area contributed by atoms with Crippen LogP contribution in [0, 0.1) is 0 Å². The van der Waals surface area contributed by atoms with E-state index >= 15 is 0 Å². The van der Waals surface area contributed by atoms with Gasteiger partial charge in [-0.25, -0.2) is 4.98 Å². The molecular formula is C15H17BClN2O. The Balaban J connectivity index is 2.05. The molecule has 2 heterocycles. The van der Waals surface area contributed by atoms with E-state index < -0.39 is 0 Å². The highest BCUT2D eigenvalue weighted by Crippen LogP contribution is 2.30. The van der Waals surface area contributed by atoms with Crippen molar-refractivity contribution in [2.45, 2.75) is 44.3 Å². The Bertz CT molecular complexity index is 649. The van der Waals surface area contributed by atoms with Gasteiger partial charge in [-0.15, -0.1) is 11.6 Å². The van der Waals surface area contributed by atoms with Crippen molar-refractivity contribution in [3.8, 4) is 0 Å². The minimum Gasteiger partial charge on any atom is -0.327 e. The summed E-state index contributed by atoms with van der Waals surface area (Å²) in [4.78, 5) is 16.4. The molecule has 1 aliphatic heterocycles. The SMILES string of the molecule is CCC(=O)c1ccc2nc(CCl)n(CC3[B]CC3)c2c1. The zero-order chi connectivity index (χ0) is 14.1. The van der Waals surface area contributed by atoms with Gasteiger partial charge in [-0.2, -0.15) is 0 Å². The van der Waals surface area contributed by atoms with Gasteiger partial charge in [0.05, 0.1) is 16.9 Å². The maximum Gasteiger partial charge on any atom is 0.162 e. The van der Waals surface area contributed by atoms with E-state index in [-0.39, 0.29) is 5.78 Å². The molecule has 0 aliphatic carbocycles. The molecule has 20 heavy (non-hydrogen) atoms. The number of halogens is 1. The lowest BCUT2D eigenvalue weighted by atomic mass is 9.48. The molecule has 1 aliphatic rings. The summed E-state index contributed by atoms with van der Waals surface area (Å²) in [6.07, 6.45) is 2.96. The van der Waals surface area contributed by atoms with Crippen molar-refractivity contribution < 1.29 is 4.79 Å². The number of carbonyl (C=O) groups excluding carboxylic acids is 1. The zero-order valence-electron chi connectivity index (χ0n) is 11.6. The van der Waals surface area contributed by atoms with E-state index in [0.717, 1.165) is 29.0 Å². The third-order valence-electron chi connectivity index (χ3n) is 4.04. The van der Waals surface area contributed by atoms with Crippen molar-refractivity contribution in [1.29, 1.82) is 0 Å². The Hall–Kier alpha value is -1.29. The molecule has 0 amide bonds. The van der Waals surface area contributed by atoms with Gasteiger partial charge in [0.25, 0.3) is 0 Å². The third-order valence-corrected chi connectivity index (χ3v) is 4.28. The lowest BCUT2D eigenvalue weighted by Gasteiger charge is -2.25. The monoisotopic (exact) mass is 287 g/mol. The molecule has 1 saturated heterocycles. The van der Waals surface area contributed by atoms with Crippen LogP contribution in [0.25, 0.3) is 11.0 Å². The summed E-state index contributed by atoms with van der Waals surface area (Å²) >= 11 is 6.02. The Morgan fingerprint density at radius 2 is 2.35 bits per heavy atom. The van der Waals surface area contributed by atoms with Crippen LogP contribution in [0.15, 0.2) is 18.2 Å². The lowest BCUT2D eigenvalue weighted by molar-refractivity contribution is 0.0988. The van der Waals surface area contributed by atoms with Crippen molar-refractivity contribution in [3.05, 3.63) is 29.6 Å². The Labute approximate surface area is 124 Å². The molecule has 0 bridgehead atoms. The molecule has 0 N–H and O–H groups in total. The van der Waals surface area contributed by atoms with Crippen LogP contribution >= 0.6 is 11.6 Å². The normalized spacial score (nSPS) is 17.8. The number of benzene rings is 1. The minimum absolute atomic E-state index is 0.169. The number of nitrogens with zero attached hydrogens (tertiary/aromatic N) is 2. The fourth-order valence-corrected chi connectivity index (χ4v) is 2.86. The van der Waals surface area contributed by atoms with E-state index in [1.165, 1.54) is 12.7 Å². The van der Waals surface area contributed by atoms with Crippen LogP contribution in [0.4, 0.5) is 0 Å². The molecular weight excluding hydrogens is 270 g/mol. The molecule has 1 fully saturated rings. The van der Waals surface area contributed by atoms with E-state index in [9.17, 15) is 4.79 Å². The van der Waals surface area contributed by atoms with Crippen molar-refractivity contribution in [2.24, 2.45) is 0 Å². The molecule has 1 unspecified atom stereocenters. The maximum absolute atomic E-state index is 11.9. The number of rotatable bonds is 5. The van der Waals surface area contributed by atoms with Gasteiger partial charge in [0.15, 0.2) is 5.78 Å². The second kappa shape index (κ2) is 5.61. The van der Waals surface area contributed by atoms with Crippen LogP contribution in [0.3, 0.4) is 0 Å². The fraction of sp³-hybridized carbons (Fsp3) is 0.467. The average molecular weight is 288 g/mol. The van der Waals surface area contributed by atoms with Crippen LogP contribution in [0.1, 0.15) is 35.9 Å². The summed E-state index contributed by atoms with van der Waals surface area (Å²) in [6.45, 7) is 2.81. The van der Waals surface area contributed by atoms with Gasteiger partial charge < -0.3 is 4.57 Å². The summed E-state index contributed by atoms with van der Waals surface area (Å²) in [7, 11) is 2.34. The predicted molar refractivity (Wildman–Crippen MR) is 82.8 cm³/mol. The summed E-state index contributed by atoms with van der Waals surface area (Å²) in [5.74, 6) is 2.07. The number of fused-ring (bicyclic) bond motifs is 1. The van der Waals surface area contributed by atoms with Gasteiger partial charge in [-0.1, -0.05) is 25.5 Å². The second-order valence-corrected chi connectivity index (χ2v) is 5.59. The standard InChI is InChI=1S/C15H17BClN2O/c1-2-14(20)10-3-4-12-13(7-10)19(15(8-17)18-12)9-11-5-6-16-11/h3-4,7,11H,2,5-6,8-9H2,1H3. The largest absolute Gasteiger partial charge is 0.327 e. The first-order valence-electron chi connectivity index (χ1n) is 7.14. The van der Waals surface area contributed by atoms with Crippen LogP contribution in [0.5, 0.6) is 0 Å². The molecule has 1 atom stereocenters. The van der Waals surface area contributed by atoms with E-state index in [4.69, 9.17) is 11.6 Å². The average Bonchev–Trinajstić information content (AvgIpc) is 2.78. The van der Waals surface area contributed by atoms with Crippen molar-refractivity contribution in [2.75, 3.05) is 0 Å². The molecule has 1 radical (unpaired) electrons. The quantitative estimate of drug-likeness (QED) is 0.477. The molecule has 103 valence electrons. The van der Waals surface area contributed by atoms with Gasteiger partial charge in [-0.3, -0.25) is 4.79 Å². The number of ketones is 1. The van der Waals surface area contributed by atoms with E-state index in [0.29, 0.717) is 18.1 Å². The molecule has 0 spiro atoms. The highest BCUT2D eigenvalue weighted by Gasteiger charge is 2.22. The lowest BCUT2D eigenvalue weighted by Crippen LogP contribution is -2.21. The third kappa shape index (κ3) is 2.37. The Morgan fingerprint density at radius 1 is 1.55 bits per heavy atom. The van der Waals surface area contributed by atoms with Gasteiger partial charge in [0.2, 0.25) is 0 Å². The summed E-state index contributed by atoms with van der Waals surface area (Å²) in [5, 5.41) is 0. The molecule has 3 rings (SSSR count). The molecule has 0 saturated carbocycles. The Morgan fingerprint density at radius 3 is 2.95 bits per heavy atom. The van der Waals surface area contributed by atoms with Gasteiger partial charge in [-0.05, 0) is 18.2 Å². The van der Waals surface area contributed by atoms with Gasteiger partial charge in [0.1, 0.15) is 13.1 Å². The van der Waals surface area contributed by atoms with Gasteiger partial charge in [0, 0.05) is 18.5 Å². The number of hydrogen-bond acceptors (Lipinski definition) is 2. The number of Topliss-reactive ketones (excluding diaryl/α,β-unsaturated/α-hetero) is 1. The first-order valence-corrected chi connectivity index (χ1v) is 7.68. The zero-order valence-corrected chi connectivity index (χ0v) is 12.4. The predicted octanol–water partition coefficient (Wildman–Crippen LogP) is 3.68. The highest BCUT2D eigenvalue weighted by atomic mass is 35.5. The second-order valence-electron chi connectivity index (χ2n) is 5.33. The first kappa shape index (κ1) is 13.7. The van der Waals surface area contributed by atoms with Crippen molar-refractivity contribution in [1.82, 2.24) is 9.55 Å². The van der Waals surface area contributed by atoms with Crippen LogP contribution in [0.2, 0.25) is 12.1 Å². The summed E-state index contributed by atoms with van der Waals surface area (Å²) < 4.78 is 2.18. The molecule has 2 aromatic rings. The van der Waals surface area contributed by atoms with Crippen molar-refractivity contribution in [3.63, 3.8) is 0 Å². The maximum atomic E-state index is 11.9. The van der Waals surface area contributed by atoms with Crippen LogP contribution in [-0.4, -0.2) is 22.6 Å². The topological polar surface area (TPSA) is 34.9 Å². The van der Waals surface area contributed by atoms with Gasteiger partial charge >= 0.3 is 0 Å². The number of alkyl halides is 1. The Kier molecular flexibility index (Phi) is 3.84. The molecule has 1 aromatic heterocycles. The van der Waals surface area contributed by atoms with Crippen LogP contribution < -0.4 is 0 Å². The first-order chi connectivity index (χ1) is 9.72. The number of aromatic nitrogens is 2. The molecule has 1 aromatic carbocycles.